The minimum Gasteiger partial charge on any atom is -0.497 e. The van der Waals surface area contributed by atoms with Gasteiger partial charge < -0.3 is 14.4 Å². The van der Waals surface area contributed by atoms with Gasteiger partial charge in [-0.25, -0.2) is 0 Å². The van der Waals surface area contributed by atoms with Gasteiger partial charge in [-0.2, -0.15) is 0 Å². The van der Waals surface area contributed by atoms with E-state index in [0.717, 1.165) is 19.4 Å². The molecule has 0 radical (unpaired) electrons. The van der Waals surface area contributed by atoms with Gasteiger partial charge in [-0.3, -0.25) is 4.79 Å². The van der Waals surface area contributed by atoms with E-state index in [1.54, 1.807) is 26.2 Å². The third kappa shape index (κ3) is 4.38. The van der Waals surface area contributed by atoms with Crippen molar-refractivity contribution in [3.8, 4) is 11.5 Å². The summed E-state index contributed by atoms with van der Waals surface area (Å²) in [5, 5.41) is 0. The Morgan fingerprint density at radius 1 is 1.17 bits per heavy atom. The summed E-state index contributed by atoms with van der Waals surface area (Å²) >= 11 is 5.58. The number of carbonyl (C=O) groups excluding carboxylic acids is 1. The van der Waals surface area contributed by atoms with Crippen molar-refractivity contribution in [1.82, 2.24) is 4.90 Å². The van der Waals surface area contributed by atoms with Crippen LogP contribution in [0.2, 0.25) is 0 Å². The molecular formula is C17H17BrINO3. The Morgan fingerprint density at radius 3 is 2.57 bits per heavy atom. The quantitative estimate of drug-likeness (QED) is 0.586. The van der Waals surface area contributed by atoms with Crippen LogP contribution in [0.1, 0.15) is 15.9 Å². The van der Waals surface area contributed by atoms with Gasteiger partial charge in [-0.05, 0) is 52.9 Å². The predicted molar refractivity (Wildman–Crippen MR) is 102 cm³/mol. The Bertz CT molecular complexity index is 721. The molecule has 0 aliphatic heterocycles. The van der Waals surface area contributed by atoms with Crippen molar-refractivity contribution >= 4 is 44.4 Å². The van der Waals surface area contributed by atoms with Crippen LogP contribution >= 0.6 is 38.5 Å². The maximum atomic E-state index is 12.7. The summed E-state index contributed by atoms with van der Waals surface area (Å²) in [7, 11) is 5.00. The van der Waals surface area contributed by atoms with E-state index in [1.807, 2.05) is 36.4 Å². The summed E-state index contributed by atoms with van der Waals surface area (Å²) < 4.78 is 12.4. The van der Waals surface area contributed by atoms with Crippen LogP contribution in [0.4, 0.5) is 0 Å². The van der Waals surface area contributed by atoms with Gasteiger partial charge in [0.2, 0.25) is 0 Å². The Balaban J connectivity index is 2.23. The molecule has 23 heavy (non-hydrogen) atoms. The van der Waals surface area contributed by atoms with Crippen LogP contribution in [0.3, 0.4) is 0 Å². The number of hydrogen-bond donors (Lipinski definition) is 0. The van der Waals surface area contributed by atoms with Crippen molar-refractivity contribution in [2.24, 2.45) is 0 Å². The average Bonchev–Trinajstić information content (AvgIpc) is 2.56. The van der Waals surface area contributed by atoms with Gasteiger partial charge in [0.05, 0.1) is 19.8 Å². The van der Waals surface area contributed by atoms with E-state index < -0.39 is 0 Å². The zero-order valence-electron chi connectivity index (χ0n) is 13.1. The van der Waals surface area contributed by atoms with E-state index in [4.69, 9.17) is 9.47 Å². The van der Waals surface area contributed by atoms with Gasteiger partial charge in [0, 0.05) is 33.3 Å². The van der Waals surface area contributed by atoms with E-state index in [-0.39, 0.29) is 5.91 Å². The van der Waals surface area contributed by atoms with Gasteiger partial charge in [0.1, 0.15) is 11.5 Å². The standard InChI is InChI=1S/C17H17BrINO3/c1-20(17(21)14-8-12(18)5-7-15(14)19)10-11-4-6-13(22-2)9-16(11)23-3/h4-9H,10H2,1-3H3. The molecular weight excluding hydrogens is 473 g/mol. The number of ether oxygens (including phenoxy) is 2. The first kappa shape index (κ1) is 18.1. The second-order valence-corrected chi connectivity index (χ2v) is 7.04. The third-order valence-corrected chi connectivity index (χ3v) is 4.84. The van der Waals surface area contributed by atoms with Crippen LogP contribution < -0.4 is 9.47 Å². The molecule has 6 heteroatoms. The number of benzene rings is 2. The molecule has 0 aliphatic rings. The van der Waals surface area contributed by atoms with Crippen LogP contribution in [0.15, 0.2) is 40.9 Å². The Morgan fingerprint density at radius 2 is 1.91 bits per heavy atom. The van der Waals surface area contributed by atoms with Gasteiger partial charge >= 0.3 is 0 Å². The minimum atomic E-state index is -0.0337. The van der Waals surface area contributed by atoms with Crippen molar-refractivity contribution in [3.63, 3.8) is 0 Å². The molecule has 2 aromatic rings. The maximum absolute atomic E-state index is 12.7. The number of carbonyl (C=O) groups is 1. The van der Waals surface area contributed by atoms with E-state index in [1.165, 1.54) is 0 Å². The molecule has 1 amide bonds. The average molecular weight is 490 g/mol. The van der Waals surface area contributed by atoms with Crippen LogP contribution in [-0.4, -0.2) is 32.1 Å². The third-order valence-electron chi connectivity index (χ3n) is 3.41. The fourth-order valence-corrected chi connectivity index (χ4v) is 3.10. The highest BCUT2D eigenvalue weighted by molar-refractivity contribution is 14.1. The topological polar surface area (TPSA) is 38.8 Å². The molecule has 0 saturated heterocycles. The SMILES string of the molecule is COc1ccc(CN(C)C(=O)c2cc(Br)ccc2I)c(OC)c1. The smallest absolute Gasteiger partial charge is 0.255 e. The van der Waals surface area contributed by atoms with Crippen molar-refractivity contribution in [3.05, 3.63) is 55.6 Å². The molecule has 0 saturated carbocycles. The zero-order chi connectivity index (χ0) is 17.0. The van der Waals surface area contributed by atoms with Crippen molar-refractivity contribution in [1.29, 1.82) is 0 Å². The second-order valence-electron chi connectivity index (χ2n) is 4.96. The summed E-state index contributed by atoms with van der Waals surface area (Å²) in [6.45, 7) is 0.453. The first-order valence-electron chi connectivity index (χ1n) is 6.87. The lowest BCUT2D eigenvalue weighted by Crippen LogP contribution is -2.27. The molecule has 122 valence electrons. The summed E-state index contributed by atoms with van der Waals surface area (Å²) in [6.07, 6.45) is 0. The number of halogens is 2. The first-order chi connectivity index (χ1) is 11.0. The highest BCUT2D eigenvalue weighted by atomic mass is 127. The summed E-state index contributed by atoms with van der Waals surface area (Å²) in [5.41, 5.74) is 1.60. The highest BCUT2D eigenvalue weighted by Crippen LogP contribution is 2.26. The predicted octanol–water partition coefficient (Wildman–Crippen LogP) is 4.34. The number of nitrogens with zero attached hydrogens (tertiary/aromatic N) is 1. The number of methoxy groups -OCH3 is 2. The van der Waals surface area contributed by atoms with Crippen molar-refractivity contribution < 1.29 is 14.3 Å². The monoisotopic (exact) mass is 489 g/mol. The molecule has 0 fully saturated rings. The fourth-order valence-electron chi connectivity index (χ4n) is 2.18. The van der Waals surface area contributed by atoms with Gasteiger partial charge in [0.25, 0.3) is 5.91 Å². The lowest BCUT2D eigenvalue weighted by atomic mass is 10.1. The second kappa shape index (κ2) is 8.01. The van der Waals surface area contributed by atoms with Crippen LogP contribution in [0.5, 0.6) is 11.5 Å². The molecule has 0 aliphatic carbocycles. The van der Waals surface area contributed by atoms with Crippen LogP contribution in [0.25, 0.3) is 0 Å². The first-order valence-corrected chi connectivity index (χ1v) is 8.75. The molecule has 0 bridgehead atoms. The molecule has 2 rings (SSSR count). The van der Waals surface area contributed by atoms with E-state index in [2.05, 4.69) is 38.5 Å². The fraction of sp³-hybridized carbons (Fsp3) is 0.235. The molecule has 2 aromatic carbocycles. The number of amides is 1. The number of hydrogen-bond acceptors (Lipinski definition) is 3. The molecule has 0 aromatic heterocycles. The lowest BCUT2D eigenvalue weighted by Gasteiger charge is -2.20. The van der Waals surface area contributed by atoms with Crippen molar-refractivity contribution in [2.75, 3.05) is 21.3 Å². The molecule has 0 unspecified atom stereocenters. The molecule has 0 N–H and O–H groups in total. The van der Waals surface area contributed by atoms with Crippen LogP contribution in [0, 0.1) is 3.57 Å². The largest absolute Gasteiger partial charge is 0.497 e. The zero-order valence-corrected chi connectivity index (χ0v) is 16.8. The number of rotatable bonds is 5. The Kier molecular flexibility index (Phi) is 6.29. The van der Waals surface area contributed by atoms with E-state index in [0.29, 0.717) is 17.9 Å². The maximum Gasteiger partial charge on any atom is 0.255 e. The lowest BCUT2D eigenvalue weighted by molar-refractivity contribution is 0.0783. The Hall–Kier alpha value is -1.28. The molecule has 0 atom stereocenters. The molecule has 4 nitrogen and oxygen atoms in total. The minimum absolute atomic E-state index is 0.0337. The van der Waals surface area contributed by atoms with Gasteiger partial charge in [-0.15, -0.1) is 0 Å². The normalized spacial score (nSPS) is 10.3. The summed E-state index contributed by atoms with van der Waals surface area (Å²) in [4.78, 5) is 14.4. The molecule has 0 spiro atoms. The summed E-state index contributed by atoms with van der Waals surface area (Å²) in [5.74, 6) is 1.39. The van der Waals surface area contributed by atoms with Crippen LogP contribution in [-0.2, 0) is 6.54 Å². The van der Waals surface area contributed by atoms with E-state index in [9.17, 15) is 4.79 Å². The summed E-state index contributed by atoms with van der Waals surface area (Å²) in [6, 6.07) is 11.3. The van der Waals surface area contributed by atoms with Gasteiger partial charge in [0.15, 0.2) is 0 Å². The van der Waals surface area contributed by atoms with E-state index >= 15 is 0 Å². The van der Waals surface area contributed by atoms with Crippen molar-refractivity contribution in [2.45, 2.75) is 6.54 Å². The Labute approximate surface area is 158 Å². The molecule has 0 heterocycles. The van der Waals surface area contributed by atoms with Gasteiger partial charge in [-0.1, -0.05) is 15.9 Å². The highest BCUT2D eigenvalue weighted by Gasteiger charge is 2.17.